The van der Waals surface area contributed by atoms with Crippen molar-refractivity contribution in [3.05, 3.63) is 47.2 Å². The Balaban J connectivity index is 2.38. The van der Waals surface area contributed by atoms with E-state index in [4.69, 9.17) is 17.3 Å². The quantitative estimate of drug-likeness (QED) is 0.599. The molecule has 0 aromatic heterocycles. The number of anilines is 2. The molecule has 0 spiro atoms. The maximum atomic E-state index is 13.6. The van der Waals surface area contributed by atoms with E-state index < -0.39 is 15.8 Å². The smallest absolute Gasteiger partial charge is 0.262 e. The summed E-state index contributed by atoms with van der Waals surface area (Å²) in [6.45, 7) is 0. The summed E-state index contributed by atoms with van der Waals surface area (Å²) in [6.07, 6.45) is 0. The number of aromatic hydroxyl groups is 1. The molecule has 0 saturated heterocycles. The summed E-state index contributed by atoms with van der Waals surface area (Å²) in [6, 6.07) is 6.92. The van der Waals surface area contributed by atoms with Crippen molar-refractivity contribution in [2.24, 2.45) is 0 Å². The van der Waals surface area contributed by atoms with Gasteiger partial charge in [0.25, 0.3) is 10.0 Å². The topological polar surface area (TPSA) is 92.4 Å². The first kappa shape index (κ1) is 14.4. The third-order valence-corrected chi connectivity index (χ3v) is 4.08. The predicted octanol–water partition coefficient (Wildman–Crippen LogP) is 2.57. The van der Waals surface area contributed by atoms with E-state index in [0.717, 1.165) is 24.3 Å². The van der Waals surface area contributed by atoms with Crippen LogP contribution in [0.3, 0.4) is 0 Å². The second kappa shape index (κ2) is 5.18. The summed E-state index contributed by atoms with van der Waals surface area (Å²) in [5.41, 5.74) is 5.10. The number of sulfonamides is 1. The van der Waals surface area contributed by atoms with E-state index in [1.165, 1.54) is 12.1 Å². The first-order chi connectivity index (χ1) is 9.29. The number of nitrogens with one attached hydrogen (secondary N) is 1. The van der Waals surface area contributed by atoms with Gasteiger partial charge in [0.15, 0.2) is 0 Å². The lowest BCUT2D eigenvalue weighted by atomic mass is 10.3. The number of phenolic OH excluding ortho intramolecular Hbond substituents is 1. The van der Waals surface area contributed by atoms with Gasteiger partial charge in [-0.05, 0) is 36.4 Å². The summed E-state index contributed by atoms with van der Waals surface area (Å²) < 4.78 is 39.8. The standard InChI is InChI=1S/C12H10ClFN2O3S/c13-7-1-3-11(9(14)5-7)16-20(18,19)8-2-4-12(17)10(15)6-8/h1-6,16-17H,15H2. The fourth-order valence-electron chi connectivity index (χ4n) is 1.48. The molecule has 2 aromatic rings. The molecule has 0 aliphatic heterocycles. The van der Waals surface area contributed by atoms with Gasteiger partial charge in [0, 0.05) is 5.02 Å². The average Bonchev–Trinajstić information content (AvgIpc) is 2.36. The molecule has 0 aliphatic carbocycles. The Labute approximate surface area is 119 Å². The maximum Gasteiger partial charge on any atom is 0.262 e. The number of phenols is 1. The fraction of sp³-hybridized carbons (Fsp3) is 0. The molecular formula is C12H10ClFN2O3S. The van der Waals surface area contributed by atoms with Gasteiger partial charge in [-0.3, -0.25) is 4.72 Å². The molecule has 0 radical (unpaired) electrons. The molecule has 4 N–H and O–H groups in total. The van der Waals surface area contributed by atoms with Gasteiger partial charge in [0.2, 0.25) is 0 Å². The van der Waals surface area contributed by atoms with Crippen molar-refractivity contribution in [3.63, 3.8) is 0 Å². The highest BCUT2D eigenvalue weighted by atomic mass is 35.5. The van der Waals surface area contributed by atoms with Crippen molar-refractivity contribution in [1.29, 1.82) is 0 Å². The molecule has 0 saturated carbocycles. The van der Waals surface area contributed by atoms with E-state index in [2.05, 4.69) is 4.72 Å². The van der Waals surface area contributed by atoms with Crippen LogP contribution in [0.4, 0.5) is 15.8 Å². The molecule has 0 aliphatic rings. The fourth-order valence-corrected chi connectivity index (χ4v) is 2.74. The lowest BCUT2D eigenvalue weighted by Gasteiger charge is -2.10. The second-order valence-corrected chi connectivity index (χ2v) is 6.07. The van der Waals surface area contributed by atoms with Crippen LogP contribution in [0, 0.1) is 5.82 Å². The number of nitrogens with two attached hydrogens (primary N) is 1. The van der Waals surface area contributed by atoms with E-state index in [-0.39, 0.29) is 27.0 Å². The number of rotatable bonds is 3. The lowest BCUT2D eigenvalue weighted by molar-refractivity contribution is 0.477. The van der Waals surface area contributed by atoms with Gasteiger partial charge in [-0.15, -0.1) is 0 Å². The van der Waals surface area contributed by atoms with E-state index in [0.29, 0.717) is 0 Å². The highest BCUT2D eigenvalue weighted by Gasteiger charge is 2.17. The van der Waals surface area contributed by atoms with E-state index in [9.17, 15) is 17.9 Å². The van der Waals surface area contributed by atoms with Crippen LogP contribution in [0.5, 0.6) is 5.75 Å². The molecule has 0 unspecified atom stereocenters. The largest absolute Gasteiger partial charge is 0.506 e. The predicted molar refractivity (Wildman–Crippen MR) is 74.7 cm³/mol. The van der Waals surface area contributed by atoms with Gasteiger partial charge in [-0.2, -0.15) is 0 Å². The molecule has 0 fully saturated rings. The van der Waals surface area contributed by atoms with E-state index >= 15 is 0 Å². The van der Waals surface area contributed by atoms with Gasteiger partial charge in [0.1, 0.15) is 11.6 Å². The molecule has 20 heavy (non-hydrogen) atoms. The number of hydrogen-bond acceptors (Lipinski definition) is 4. The Morgan fingerprint density at radius 1 is 1.20 bits per heavy atom. The monoisotopic (exact) mass is 316 g/mol. The molecule has 0 bridgehead atoms. The number of benzene rings is 2. The Hall–Kier alpha value is -1.99. The maximum absolute atomic E-state index is 13.6. The van der Waals surface area contributed by atoms with Crippen LogP contribution >= 0.6 is 11.6 Å². The number of hydrogen-bond donors (Lipinski definition) is 3. The van der Waals surface area contributed by atoms with E-state index in [1.807, 2.05) is 0 Å². The Morgan fingerprint density at radius 3 is 2.50 bits per heavy atom. The van der Waals surface area contributed by atoms with Crippen LogP contribution in [0.2, 0.25) is 5.02 Å². The average molecular weight is 317 g/mol. The van der Waals surface area contributed by atoms with Crippen molar-refractivity contribution < 1.29 is 17.9 Å². The number of nitrogen functional groups attached to an aromatic ring is 1. The minimum absolute atomic E-state index is 0.0931. The number of halogens is 2. The minimum atomic E-state index is -4.01. The first-order valence-corrected chi connectivity index (χ1v) is 7.22. The zero-order chi connectivity index (χ0) is 14.9. The molecular weight excluding hydrogens is 307 g/mol. The SMILES string of the molecule is Nc1cc(S(=O)(=O)Nc2ccc(Cl)cc2F)ccc1O. The van der Waals surface area contributed by atoms with Crippen molar-refractivity contribution in [3.8, 4) is 5.75 Å². The minimum Gasteiger partial charge on any atom is -0.506 e. The van der Waals surface area contributed by atoms with E-state index in [1.54, 1.807) is 0 Å². The van der Waals surface area contributed by atoms with Crippen molar-refractivity contribution in [1.82, 2.24) is 0 Å². The Bertz CT molecular complexity index is 765. The Kier molecular flexibility index (Phi) is 3.74. The molecule has 106 valence electrons. The molecule has 8 heteroatoms. The van der Waals surface area contributed by atoms with Gasteiger partial charge in [-0.25, -0.2) is 12.8 Å². The highest BCUT2D eigenvalue weighted by Crippen LogP contribution is 2.26. The van der Waals surface area contributed by atoms with Gasteiger partial charge in [0.05, 0.1) is 16.3 Å². The zero-order valence-electron chi connectivity index (χ0n) is 9.97. The third-order valence-electron chi connectivity index (χ3n) is 2.48. The second-order valence-electron chi connectivity index (χ2n) is 3.95. The van der Waals surface area contributed by atoms with Gasteiger partial charge in [-0.1, -0.05) is 11.6 Å². The molecule has 5 nitrogen and oxygen atoms in total. The summed E-state index contributed by atoms with van der Waals surface area (Å²) in [5.74, 6) is -1.03. The molecule has 0 amide bonds. The van der Waals surface area contributed by atoms with Crippen LogP contribution in [0.25, 0.3) is 0 Å². The van der Waals surface area contributed by atoms with Crippen LogP contribution in [0.15, 0.2) is 41.3 Å². The van der Waals surface area contributed by atoms with Gasteiger partial charge < -0.3 is 10.8 Å². The molecule has 2 aromatic carbocycles. The summed E-state index contributed by atoms with van der Waals surface area (Å²) >= 11 is 5.58. The van der Waals surface area contributed by atoms with Crippen molar-refractivity contribution in [2.75, 3.05) is 10.5 Å². The first-order valence-electron chi connectivity index (χ1n) is 5.36. The van der Waals surface area contributed by atoms with Crippen LogP contribution in [-0.2, 0) is 10.0 Å². The van der Waals surface area contributed by atoms with Crippen molar-refractivity contribution >= 4 is 33.0 Å². The van der Waals surface area contributed by atoms with Gasteiger partial charge >= 0.3 is 0 Å². The summed E-state index contributed by atoms with van der Waals surface area (Å²) in [5, 5.41) is 9.41. The third kappa shape index (κ3) is 2.94. The summed E-state index contributed by atoms with van der Waals surface area (Å²) in [7, 11) is -4.01. The molecule has 0 heterocycles. The molecule has 0 atom stereocenters. The zero-order valence-corrected chi connectivity index (χ0v) is 11.5. The Morgan fingerprint density at radius 2 is 1.90 bits per heavy atom. The van der Waals surface area contributed by atoms with Crippen molar-refractivity contribution in [2.45, 2.75) is 4.90 Å². The van der Waals surface area contributed by atoms with Crippen LogP contribution in [-0.4, -0.2) is 13.5 Å². The normalized spacial score (nSPS) is 11.3. The molecule has 2 rings (SSSR count). The van der Waals surface area contributed by atoms with Crippen LogP contribution < -0.4 is 10.5 Å². The van der Waals surface area contributed by atoms with Crippen LogP contribution in [0.1, 0.15) is 0 Å². The highest BCUT2D eigenvalue weighted by molar-refractivity contribution is 7.92. The lowest BCUT2D eigenvalue weighted by Crippen LogP contribution is -2.14. The summed E-state index contributed by atoms with van der Waals surface area (Å²) in [4.78, 5) is -0.192.